The summed E-state index contributed by atoms with van der Waals surface area (Å²) < 4.78 is 5.50. The first kappa shape index (κ1) is 11.6. The fourth-order valence-electron chi connectivity index (χ4n) is 3.04. The third kappa shape index (κ3) is 2.09. The first-order valence-corrected chi connectivity index (χ1v) is 6.90. The highest BCUT2D eigenvalue weighted by Crippen LogP contribution is 2.35. The van der Waals surface area contributed by atoms with Gasteiger partial charge in [0, 0.05) is 6.04 Å². The molecule has 2 aliphatic rings. The molecule has 0 radical (unpaired) electrons. The predicted octanol–water partition coefficient (Wildman–Crippen LogP) is 3.13. The zero-order chi connectivity index (χ0) is 12.4. The van der Waals surface area contributed by atoms with Gasteiger partial charge in [0.2, 0.25) is 0 Å². The van der Waals surface area contributed by atoms with E-state index in [0.717, 1.165) is 24.3 Å². The van der Waals surface area contributed by atoms with Gasteiger partial charge in [-0.05, 0) is 25.0 Å². The molecule has 1 amide bonds. The Labute approximate surface area is 108 Å². The first-order chi connectivity index (χ1) is 8.86. The normalized spacial score (nSPS) is 21.1. The van der Waals surface area contributed by atoms with Crippen LogP contribution in [0.1, 0.15) is 38.5 Å². The number of para-hydroxylation sites is 2. The molecule has 18 heavy (non-hydrogen) atoms. The van der Waals surface area contributed by atoms with Crippen LogP contribution in [0.25, 0.3) is 0 Å². The summed E-state index contributed by atoms with van der Waals surface area (Å²) in [5, 5.41) is 0. The maximum absolute atomic E-state index is 12.2. The van der Waals surface area contributed by atoms with Gasteiger partial charge in [0.05, 0.1) is 5.69 Å². The lowest BCUT2D eigenvalue weighted by molar-refractivity contribution is -0.121. The zero-order valence-electron chi connectivity index (χ0n) is 10.6. The van der Waals surface area contributed by atoms with Gasteiger partial charge >= 0.3 is 0 Å². The van der Waals surface area contributed by atoms with E-state index in [1.165, 1.54) is 25.7 Å². The number of ether oxygens (including phenoxy) is 1. The van der Waals surface area contributed by atoms with Gasteiger partial charge in [-0.2, -0.15) is 0 Å². The minimum atomic E-state index is 0.112. The Hall–Kier alpha value is -1.51. The lowest BCUT2D eigenvalue weighted by Gasteiger charge is -2.35. The molecule has 1 aliphatic carbocycles. The number of rotatable bonds is 1. The van der Waals surface area contributed by atoms with Gasteiger partial charge in [0.1, 0.15) is 5.75 Å². The number of nitrogens with zero attached hydrogens (tertiary/aromatic N) is 1. The maximum atomic E-state index is 12.2. The highest BCUT2D eigenvalue weighted by Gasteiger charge is 2.31. The smallest absolute Gasteiger partial charge is 0.265 e. The van der Waals surface area contributed by atoms with Crippen LogP contribution < -0.4 is 9.64 Å². The molecule has 3 rings (SSSR count). The molecule has 1 saturated carbocycles. The Morgan fingerprint density at radius 1 is 1.06 bits per heavy atom. The summed E-state index contributed by atoms with van der Waals surface area (Å²) in [7, 11) is 0. The van der Waals surface area contributed by atoms with Gasteiger partial charge in [0.25, 0.3) is 5.91 Å². The number of hydrogen-bond donors (Lipinski definition) is 0. The van der Waals surface area contributed by atoms with Crippen molar-refractivity contribution in [3.63, 3.8) is 0 Å². The summed E-state index contributed by atoms with van der Waals surface area (Å²) in [5.74, 6) is 0.960. The summed E-state index contributed by atoms with van der Waals surface area (Å²) in [6.07, 6.45) is 7.32. The number of carbonyl (C=O) groups excluding carboxylic acids is 1. The Morgan fingerprint density at radius 3 is 2.56 bits per heavy atom. The van der Waals surface area contributed by atoms with E-state index in [-0.39, 0.29) is 12.5 Å². The second kappa shape index (κ2) is 5.01. The van der Waals surface area contributed by atoms with Gasteiger partial charge in [-0.1, -0.05) is 37.8 Å². The number of amides is 1. The maximum Gasteiger partial charge on any atom is 0.265 e. The third-order valence-corrected chi connectivity index (χ3v) is 3.93. The molecule has 96 valence electrons. The standard InChI is InChI=1S/C15H19NO2/c17-15-11-18-14-10-6-5-9-13(14)16(15)12-7-3-1-2-4-8-12/h5-6,9-10,12H,1-4,7-8,11H2. The van der Waals surface area contributed by atoms with Gasteiger partial charge < -0.3 is 9.64 Å². The molecule has 1 heterocycles. The molecule has 1 fully saturated rings. The second-order valence-corrected chi connectivity index (χ2v) is 5.17. The number of anilines is 1. The van der Waals surface area contributed by atoms with E-state index in [2.05, 4.69) is 0 Å². The lowest BCUT2D eigenvalue weighted by atomic mass is 10.0. The van der Waals surface area contributed by atoms with Crippen molar-refractivity contribution in [2.75, 3.05) is 11.5 Å². The van der Waals surface area contributed by atoms with E-state index in [0.29, 0.717) is 6.04 Å². The molecule has 0 atom stereocenters. The Morgan fingerprint density at radius 2 is 1.78 bits per heavy atom. The number of carbonyl (C=O) groups is 1. The van der Waals surface area contributed by atoms with Crippen LogP contribution in [-0.4, -0.2) is 18.6 Å². The van der Waals surface area contributed by atoms with E-state index in [4.69, 9.17) is 4.74 Å². The summed E-state index contributed by atoms with van der Waals surface area (Å²) >= 11 is 0. The molecule has 3 nitrogen and oxygen atoms in total. The largest absolute Gasteiger partial charge is 0.482 e. The van der Waals surface area contributed by atoms with Gasteiger partial charge in [0.15, 0.2) is 6.61 Å². The van der Waals surface area contributed by atoms with Crippen molar-refractivity contribution >= 4 is 11.6 Å². The Bertz CT molecular complexity index is 436. The number of hydrogen-bond acceptors (Lipinski definition) is 2. The van der Waals surface area contributed by atoms with Gasteiger partial charge in [-0.3, -0.25) is 4.79 Å². The van der Waals surface area contributed by atoms with E-state index in [1.54, 1.807) is 0 Å². The average Bonchev–Trinajstić information content (AvgIpc) is 2.67. The van der Waals surface area contributed by atoms with E-state index >= 15 is 0 Å². The number of fused-ring (bicyclic) bond motifs is 1. The molecular formula is C15H19NO2. The molecule has 0 N–H and O–H groups in total. The fourth-order valence-corrected chi connectivity index (χ4v) is 3.04. The summed E-state index contributed by atoms with van der Waals surface area (Å²) in [6.45, 7) is 0.188. The van der Waals surface area contributed by atoms with Crippen molar-refractivity contribution in [3.8, 4) is 5.75 Å². The SMILES string of the molecule is O=C1COc2ccccc2N1C1CCCCCC1. The van der Waals surface area contributed by atoms with Crippen molar-refractivity contribution in [3.05, 3.63) is 24.3 Å². The van der Waals surface area contributed by atoms with Crippen LogP contribution in [-0.2, 0) is 4.79 Å². The zero-order valence-corrected chi connectivity index (χ0v) is 10.6. The van der Waals surface area contributed by atoms with Crippen LogP contribution in [0.2, 0.25) is 0 Å². The minimum absolute atomic E-state index is 0.112. The van der Waals surface area contributed by atoms with Gasteiger partial charge in [-0.15, -0.1) is 0 Å². The van der Waals surface area contributed by atoms with Crippen LogP contribution >= 0.6 is 0 Å². The van der Waals surface area contributed by atoms with Crippen LogP contribution in [0.15, 0.2) is 24.3 Å². The highest BCUT2D eigenvalue weighted by molar-refractivity contribution is 5.98. The predicted molar refractivity (Wildman–Crippen MR) is 70.9 cm³/mol. The quantitative estimate of drug-likeness (QED) is 0.711. The van der Waals surface area contributed by atoms with Crippen LogP contribution in [0.4, 0.5) is 5.69 Å². The molecule has 1 aliphatic heterocycles. The van der Waals surface area contributed by atoms with Crippen LogP contribution in [0.5, 0.6) is 5.75 Å². The molecule has 0 bridgehead atoms. The average molecular weight is 245 g/mol. The molecule has 0 saturated heterocycles. The van der Waals surface area contributed by atoms with E-state index in [1.807, 2.05) is 29.2 Å². The van der Waals surface area contributed by atoms with E-state index < -0.39 is 0 Å². The van der Waals surface area contributed by atoms with Crippen molar-refractivity contribution in [1.29, 1.82) is 0 Å². The summed E-state index contributed by atoms with van der Waals surface area (Å²) in [5.41, 5.74) is 0.959. The summed E-state index contributed by atoms with van der Waals surface area (Å²) in [6, 6.07) is 8.25. The first-order valence-electron chi connectivity index (χ1n) is 6.90. The monoisotopic (exact) mass is 245 g/mol. The van der Waals surface area contributed by atoms with Gasteiger partial charge in [-0.25, -0.2) is 0 Å². The van der Waals surface area contributed by atoms with Crippen molar-refractivity contribution in [2.45, 2.75) is 44.6 Å². The molecule has 0 unspecified atom stereocenters. The number of benzene rings is 1. The Kier molecular flexibility index (Phi) is 3.22. The summed E-state index contributed by atoms with van der Waals surface area (Å²) in [4.78, 5) is 14.2. The molecular weight excluding hydrogens is 226 g/mol. The van der Waals surface area contributed by atoms with Crippen molar-refractivity contribution in [2.24, 2.45) is 0 Å². The Balaban J connectivity index is 1.91. The lowest BCUT2D eigenvalue weighted by Crippen LogP contribution is -2.45. The van der Waals surface area contributed by atoms with Crippen molar-refractivity contribution < 1.29 is 9.53 Å². The minimum Gasteiger partial charge on any atom is -0.482 e. The molecule has 1 aromatic rings. The molecule has 0 spiro atoms. The molecule has 0 aromatic heterocycles. The topological polar surface area (TPSA) is 29.5 Å². The third-order valence-electron chi connectivity index (χ3n) is 3.93. The van der Waals surface area contributed by atoms with Crippen molar-refractivity contribution in [1.82, 2.24) is 0 Å². The second-order valence-electron chi connectivity index (χ2n) is 5.17. The fraction of sp³-hybridized carbons (Fsp3) is 0.533. The van der Waals surface area contributed by atoms with Crippen LogP contribution in [0.3, 0.4) is 0 Å². The molecule has 1 aromatic carbocycles. The van der Waals surface area contributed by atoms with E-state index in [9.17, 15) is 4.79 Å². The van der Waals surface area contributed by atoms with Crippen LogP contribution in [0, 0.1) is 0 Å². The molecule has 3 heteroatoms. The highest BCUT2D eigenvalue weighted by atomic mass is 16.5.